The van der Waals surface area contributed by atoms with Gasteiger partial charge in [0.25, 0.3) is 5.56 Å². The van der Waals surface area contributed by atoms with Gasteiger partial charge in [-0.25, -0.2) is 15.0 Å². The molecule has 1 saturated carbocycles. The Morgan fingerprint density at radius 1 is 1.03 bits per heavy atom. The van der Waals surface area contributed by atoms with Crippen molar-refractivity contribution >= 4 is 22.9 Å². The molecule has 0 bridgehead atoms. The summed E-state index contributed by atoms with van der Waals surface area (Å²) in [6.07, 6.45) is 2.40. The second kappa shape index (κ2) is 8.23. The van der Waals surface area contributed by atoms with Gasteiger partial charge in [0.2, 0.25) is 5.95 Å². The zero-order chi connectivity index (χ0) is 23.0. The van der Waals surface area contributed by atoms with E-state index in [1.807, 2.05) is 12.1 Å². The molecule has 3 N–H and O–H groups in total. The number of hydrogen-bond donors (Lipinski definition) is 3. The Kier molecular flexibility index (Phi) is 5.23. The van der Waals surface area contributed by atoms with Crippen molar-refractivity contribution in [3.63, 3.8) is 0 Å². The third-order valence-electron chi connectivity index (χ3n) is 5.66. The van der Waals surface area contributed by atoms with Crippen molar-refractivity contribution in [3.8, 4) is 5.69 Å². The highest BCUT2D eigenvalue weighted by Gasteiger charge is 2.34. The number of nitrogens with one attached hydrogen (secondary N) is 3. The molecule has 33 heavy (non-hydrogen) atoms. The van der Waals surface area contributed by atoms with Crippen molar-refractivity contribution in [1.29, 1.82) is 0 Å². The lowest BCUT2D eigenvalue weighted by atomic mass is 10.2. The summed E-state index contributed by atoms with van der Waals surface area (Å²) in [5.74, 6) is 1.28. The average molecular weight is 455 g/mol. The second-order valence-electron chi connectivity index (χ2n) is 7.95. The summed E-state index contributed by atoms with van der Waals surface area (Å²) in [5, 5.41) is 6.75. The maximum absolute atomic E-state index is 13.0. The van der Waals surface area contributed by atoms with Gasteiger partial charge in [0.15, 0.2) is 5.65 Å². The predicted molar refractivity (Wildman–Crippen MR) is 117 cm³/mol. The number of halogens is 3. The van der Waals surface area contributed by atoms with Crippen LogP contribution in [0.3, 0.4) is 0 Å². The molecule has 0 spiro atoms. The monoisotopic (exact) mass is 455 g/mol. The number of H-pyrrole nitrogens is 1. The molecule has 2 atom stereocenters. The molecule has 8 nitrogen and oxygen atoms in total. The van der Waals surface area contributed by atoms with Crippen LogP contribution in [0, 0.1) is 0 Å². The standard InChI is InChI=1S/C22H20F3N7O/c23-22(24,25)16-3-2-10-32(20(16)33)15-7-8-18(27-12-15)28-13-5-6-14(11-13)29-21-30-17-4-1-9-26-19(17)31-21/h1-4,7-10,12-14H,5-6,11H2,(H,27,28)(H2,26,29,30,31)/t13-,14-/m0/s1. The Bertz CT molecular complexity index is 1300. The Balaban J connectivity index is 1.23. The molecular weight excluding hydrogens is 435 g/mol. The van der Waals surface area contributed by atoms with Crippen LogP contribution in [0.15, 0.2) is 59.8 Å². The van der Waals surface area contributed by atoms with Crippen LogP contribution in [0.5, 0.6) is 0 Å². The van der Waals surface area contributed by atoms with Crippen LogP contribution < -0.4 is 16.2 Å². The molecule has 4 heterocycles. The zero-order valence-corrected chi connectivity index (χ0v) is 17.3. The lowest BCUT2D eigenvalue weighted by molar-refractivity contribution is -0.138. The first-order chi connectivity index (χ1) is 15.9. The highest BCUT2D eigenvalue weighted by Crippen LogP contribution is 2.27. The summed E-state index contributed by atoms with van der Waals surface area (Å²) >= 11 is 0. The van der Waals surface area contributed by atoms with E-state index < -0.39 is 17.3 Å². The van der Waals surface area contributed by atoms with E-state index >= 15 is 0 Å². The lowest BCUT2D eigenvalue weighted by Crippen LogP contribution is -2.27. The number of nitrogens with zero attached hydrogens (tertiary/aromatic N) is 4. The first-order valence-electron chi connectivity index (χ1n) is 10.5. The highest BCUT2D eigenvalue weighted by molar-refractivity contribution is 5.72. The van der Waals surface area contributed by atoms with Gasteiger partial charge < -0.3 is 15.6 Å². The summed E-state index contributed by atoms with van der Waals surface area (Å²) in [7, 11) is 0. The number of fused-ring (bicyclic) bond motifs is 1. The van der Waals surface area contributed by atoms with Crippen molar-refractivity contribution in [2.24, 2.45) is 0 Å². The molecule has 0 radical (unpaired) electrons. The van der Waals surface area contributed by atoms with Crippen LogP contribution >= 0.6 is 0 Å². The molecule has 0 aliphatic heterocycles. The largest absolute Gasteiger partial charge is 0.421 e. The van der Waals surface area contributed by atoms with E-state index in [4.69, 9.17) is 0 Å². The summed E-state index contributed by atoms with van der Waals surface area (Å²) in [5.41, 5.74) is -0.537. The van der Waals surface area contributed by atoms with Crippen LogP contribution in [0.1, 0.15) is 24.8 Å². The Morgan fingerprint density at radius 2 is 1.85 bits per heavy atom. The van der Waals surface area contributed by atoms with E-state index in [1.54, 1.807) is 18.3 Å². The molecule has 1 aliphatic rings. The Morgan fingerprint density at radius 3 is 2.58 bits per heavy atom. The SMILES string of the molecule is O=c1c(C(F)(F)F)cccn1-c1ccc(N[C@H]2CC[C@H](Nc3nc4cccnc4[nH]3)C2)nc1. The smallest absolute Gasteiger partial charge is 0.367 e. The average Bonchev–Trinajstić information content (AvgIpc) is 3.40. The van der Waals surface area contributed by atoms with Crippen molar-refractivity contribution in [2.45, 2.75) is 37.5 Å². The summed E-state index contributed by atoms with van der Waals surface area (Å²) in [4.78, 5) is 28.4. The maximum atomic E-state index is 13.0. The van der Waals surface area contributed by atoms with E-state index in [-0.39, 0.29) is 17.8 Å². The molecule has 0 unspecified atom stereocenters. The number of aromatic nitrogens is 5. The van der Waals surface area contributed by atoms with Gasteiger partial charge in [-0.05, 0) is 55.7 Å². The van der Waals surface area contributed by atoms with Gasteiger partial charge in [0.1, 0.15) is 16.9 Å². The highest BCUT2D eigenvalue weighted by atomic mass is 19.4. The molecule has 0 saturated heterocycles. The number of hydrogen-bond acceptors (Lipinski definition) is 6. The van der Waals surface area contributed by atoms with Crippen LogP contribution in [-0.2, 0) is 6.18 Å². The fourth-order valence-corrected chi connectivity index (χ4v) is 4.09. The van der Waals surface area contributed by atoms with Crippen LogP contribution in [-0.4, -0.2) is 36.6 Å². The molecule has 4 aromatic rings. The summed E-state index contributed by atoms with van der Waals surface area (Å²) in [6.45, 7) is 0. The van der Waals surface area contributed by atoms with Crippen LogP contribution in [0.2, 0.25) is 0 Å². The van der Waals surface area contributed by atoms with Crippen LogP contribution in [0.25, 0.3) is 16.9 Å². The van der Waals surface area contributed by atoms with E-state index in [9.17, 15) is 18.0 Å². The summed E-state index contributed by atoms with van der Waals surface area (Å²) < 4.78 is 40.0. The number of alkyl halides is 3. The molecule has 4 aromatic heterocycles. The van der Waals surface area contributed by atoms with Crippen molar-refractivity contribution in [2.75, 3.05) is 10.6 Å². The minimum Gasteiger partial charge on any atom is -0.367 e. The van der Waals surface area contributed by atoms with Gasteiger partial charge in [-0.2, -0.15) is 13.2 Å². The molecule has 11 heteroatoms. The van der Waals surface area contributed by atoms with E-state index in [0.717, 1.165) is 41.1 Å². The molecule has 0 amide bonds. The first kappa shape index (κ1) is 21.0. The summed E-state index contributed by atoms with van der Waals surface area (Å²) in [6, 6.07) is 9.34. The normalized spacial score (nSPS) is 18.5. The zero-order valence-electron chi connectivity index (χ0n) is 17.3. The van der Waals surface area contributed by atoms with Gasteiger partial charge in [0, 0.05) is 24.5 Å². The number of anilines is 2. The molecular formula is C22H20F3N7O. The third kappa shape index (κ3) is 4.38. The number of pyridine rings is 3. The van der Waals surface area contributed by atoms with Crippen LogP contribution in [0.4, 0.5) is 24.9 Å². The number of aromatic amines is 1. The lowest BCUT2D eigenvalue weighted by Gasteiger charge is -2.15. The maximum Gasteiger partial charge on any atom is 0.421 e. The van der Waals surface area contributed by atoms with Gasteiger partial charge in [-0.15, -0.1) is 0 Å². The van der Waals surface area contributed by atoms with E-state index in [1.165, 1.54) is 18.5 Å². The second-order valence-corrected chi connectivity index (χ2v) is 7.95. The van der Waals surface area contributed by atoms with Gasteiger partial charge in [0.05, 0.1) is 11.9 Å². The fourth-order valence-electron chi connectivity index (χ4n) is 4.09. The minimum absolute atomic E-state index is 0.180. The molecule has 1 fully saturated rings. The predicted octanol–water partition coefficient (Wildman–Crippen LogP) is 3.97. The molecule has 5 rings (SSSR count). The van der Waals surface area contributed by atoms with Crippen molar-refractivity contribution in [3.05, 3.63) is 70.9 Å². The first-order valence-corrected chi connectivity index (χ1v) is 10.5. The van der Waals surface area contributed by atoms with Crippen molar-refractivity contribution < 1.29 is 13.2 Å². The molecule has 0 aromatic carbocycles. The molecule has 1 aliphatic carbocycles. The minimum atomic E-state index is -4.71. The topological polar surface area (TPSA) is 101 Å². The fraction of sp³-hybridized carbons (Fsp3) is 0.273. The van der Waals surface area contributed by atoms with E-state index in [2.05, 4.69) is 30.6 Å². The van der Waals surface area contributed by atoms with Crippen molar-refractivity contribution in [1.82, 2.24) is 24.5 Å². The van der Waals surface area contributed by atoms with Gasteiger partial charge in [-0.1, -0.05) is 0 Å². The number of rotatable bonds is 5. The third-order valence-corrected chi connectivity index (χ3v) is 5.66. The van der Waals surface area contributed by atoms with E-state index in [0.29, 0.717) is 11.8 Å². The molecule has 170 valence electrons. The van der Waals surface area contributed by atoms with Gasteiger partial charge >= 0.3 is 6.18 Å². The van der Waals surface area contributed by atoms with Gasteiger partial charge in [-0.3, -0.25) is 9.36 Å². The Labute approximate surface area is 185 Å². The Hall–Kier alpha value is -3.89. The number of imidazole rings is 1. The quantitative estimate of drug-likeness (QED) is 0.421.